The zero-order valence-corrected chi connectivity index (χ0v) is 14.9. The second-order valence-electron chi connectivity index (χ2n) is 6.12. The van der Waals surface area contributed by atoms with Gasteiger partial charge in [-0.2, -0.15) is 0 Å². The van der Waals surface area contributed by atoms with E-state index in [1.54, 1.807) is 25.1 Å². The van der Waals surface area contributed by atoms with E-state index in [0.717, 1.165) is 18.0 Å². The van der Waals surface area contributed by atoms with Gasteiger partial charge in [0.05, 0.1) is 0 Å². The third-order valence-electron chi connectivity index (χ3n) is 4.24. The molecule has 1 fully saturated rings. The summed E-state index contributed by atoms with van der Waals surface area (Å²) in [6.45, 7) is 5.04. The van der Waals surface area contributed by atoms with E-state index in [1.165, 1.54) is 0 Å². The molecule has 8 heteroatoms. The number of nitrogens with zero attached hydrogens (tertiary/aromatic N) is 1. The molecule has 1 aliphatic rings. The Balaban J connectivity index is 2.27. The summed E-state index contributed by atoms with van der Waals surface area (Å²) >= 11 is 0. The molecule has 1 aromatic rings. The molecule has 1 heterocycles. The fourth-order valence-electron chi connectivity index (χ4n) is 2.67. The van der Waals surface area contributed by atoms with Crippen LogP contribution in [0.1, 0.15) is 35.7 Å². The minimum absolute atomic E-state index is 0.0500. The van der Waals surface area contributed by atoms with Gasteiger partial charge in [0.15, 0.2) is 0 Å². The molecule has 0 bridgehead atoms. The first-order valence-corrected chi connectivity index (χ1v) is 8.51. The highest BCUT2D eigenvalue weighted by Crippen LogP contribution is 2.22. The van der Waals surface area contributed by atoms with Crippen LogP contribution in [-0.2, 0) is 14.4 Å². The monoisotopic (exact) mass is 361 g/mol. The molecule has 1 unspecified atom stereocenters. The minimum atomic E-state index is -1.05. The van der Waals surface area contributed by atoms with Crippen molar-refractivity contribution >= 4 is 24.6 Å². The second-order valence-corrected chi connectivity index (χ2v) is 6.12. The zero-order chi connectivity index (χ0) is 19.1. The van der Waals surface area contributed by atoms with Crippen LogP contribution in [0.4, 0.5) is 0 Å². The van der Waals surface area contributed by atoms with Crippen LogP contribution in [0.3, 0.4) is 0 Å². The first-order chi connectivity index (χ1) is 12.5. The number of rotatable bonds is 9. The van der Waals surface area contributed by atoms with Gasteiger partial charge in [0, 0.05) is 18.7 Å². The molecule has 0 aromatic heterocycles. The number of benzene rings is 1. The van der Waals surface area contributed by atoms with Crippen LogP contribution in [0.15, 0.2) is 18.2 Å². The molecule has 4 amide bonds. The molecule has 26 heavy (non-hydrogen) atoms. The Bertz CT molecular complexity index is 687. The summed E-state index contributed by atoms with van der Waals surface area (Å²) in [7, 11) is 0. The molecule has 0 saturated carbocycles. The Morgan fingerprint density at radius 1 is 1.38 bits per heavy atom. The highest BCUT2D eigenvalue weighted by atomic mass is 16.5. The van der Waals surface area contributed by atoms with Crippen molar-refractivity contribution in [2.24, 2.45) is 0 Å². The number of carbonyl (C=O) groups excluding carboxylic acids is 4. The Labute approximate surface area is 151 Å². The third kappa shape index (κ3) is 4.45. The van der Waals surface area contributed by atoms with Crippen LogP contribution in [0.25, 0.3) is 0 Å². The Morgan fingerprint density at radius 3 is 2.65 bits per heavy atom. The van der Waals surface area contributed by atoms with Crippen LogP contribution in [-0.4, -0.2) is 54.8 Å². The van der Waals surface area contributed by atoms with Gasteiger partial charge in [0.25, 0.3) is 5.91 Å². The Hall–Kier alpha value is -2.74. The van der Waals surface area contributed by atoms with Crippen molar-refractivity contribution in [3.63, 3.8) is 0 Å². The lowest BCUT2D eigenvalue weighted by molar-refractivity contribution is -0.133. The number of amides is 4. The summed E-state index contributed by atoms with van der Waals surface area (Å²) < 4.78 is 5.76. The smallest absolute Gasteiger partial charge is 0.261 e. The van der Waals surface area contributed by atoms with Crippen LogP contribution < -0.4 is 15.4 Å². The SMILES string of the molecule is CCCC(C(=O)NC=O)N(C=O)C(=O)c1cc(OC2CNC2)ccc1C. The summed E-state index contributed by atoms with van der Waals surface area (Å²) in [5.41, 5.74) is 0.939. The lowest BCUT2D eigenvalue weighted by Crippen LogP contribution is -2.50. The van der Waals surface area contributed by atoms with Crippen LogP contribution in [0.2, 0.25) is 0 Å². The van der Waals surface area contributed by atoms with E-state index in [2.05, 4.69) is 5.32 Å². The van der Waals surface area contributed by atoms with Gasteiger partial charge in [-0.25, -0.2) is 0 Å². The molecule has 1 atom stereocenters. The molecule has 2 N–H and O–H groups in total. The molecule has 2 rings (SSSR count). The predicted octanol–water partition coefficient (Wildman–Crippen LogP) is 0.386. The molecular weight excluding hydrogens is 338 g/mol. The number of hydrogen-bond donors (Lipinski definition) is 2. The maximum Gasteiger partial charge on any atom is 0.261 e. The zero-order valence-electron chi connectivity index (χ0n) is 14.9. The first kappa shape index (κ1) is 19.6. The highest BCUT2D eigenvalue weighted by molar-refractivity contribution is 6.05. The van der Waals surface area contributed by atoms with Crippen LogP contribution in [0.5, 0.6) is 5.75 Å². The maximum absolute atomic E-state index is 12.9. The summed E-state index contributed by atoms with van der Waals surface area (Å²) in [6.07, 6.45) is 1.44. The van der Waals surface area contributed by atoms with Crippen LogP contribution >= 0.6 is 0 Å². The van der Waals surface area contributed by atoms with Gasteiger partial charge in [-0.1, -0.05) is 19.4 Å². The minimum Gasteiger partial charge on any atom is -0.488 e. The molecule has 8 nitrogen and oxygen atoms in total. The fourth-order valence-corrected chi connectivity index (χ4v) is 2.67. The molecule has 1 aromatic carbocycles. The molecule has 140 valence electrons. The topological polar surface area (TPSA) is 105 Å². The van der Waals surface area contributed by atoms with E-state index in [0.29, 0.717) is 24.1 Å². The molecule has 1 aliphatic heterocycles. The lowest BCUT2D eigenvalue weighted by atomic mass is 10.0. The van der Waals surface area contributed by atoms with Gasteiger partial charge in [-0.15, -0.1) is 0 Å². The van der Waals surface area contributed by atoms with E-state index in [1.807, 2.05) is 12.2 Å². The maximum atomic E-state index is 12.9. The van der Waals surface area contributed by atoms with Crippen molar-refractivity contribution in [1.29, 1.82) is 0 Å². The molecule has 0 aliphatic carbocycles. The number of hydrogen-bond acceptors (Lipinski definition) is 6. The molecule has 1 saturated heterocycles. The average Bonchev–Trinajstić information content (AvgIpc) is 2.59. The van der Waals surface area contributed by atoms with E-state index in [-0.39, 0.29) is 24.5 Å². The van der Waals surface area contributed by atoms with Gasteiger partial charge in [-0.05, 0) is 31.0 Å². The molecule has 0 radical (unpaired) electrons. The van der Waals surface area contributed by atoms with Crippen LogP contribution in [0, 0.1) is 6.92 Å². The van der Waals surface area contributed by atoms with Crippen molar-refractivity contribution in [3.05, 3.63) is 29.3 Å². The van der Waals surface area contributed by atoms with Gasteiger partial charge < -0.3 is 10.1 Å². The number of ether oxygens (including phenoxy) is 1. The highest BCUT2D eigenvalue weighted by Gasteiger charge is 2.30. The average molecular weight is 361 g/mol. The van der Waals surface area contributed by atoms with Gasteiger partial charge >= 0.3 is 0 Å². The van der Waals surface area contributed by atoms with E-state index >= 15 is 0 Å². The Morgan fingerprint density at radius 2 is 2.12 bits per heavy atom. The summed E-state index contributed by atoms with van der Waals surface area (Å²) in [6, 6.07) is 4.03. The van der Waals surface area contributed by atoms with Crippen molar-refractivity contribution in [2.45, 2.75) is 38.8 Å². The van der Waals surface area contributed by atoms with Crippen molar-refractivity contribution in [1.82, 2.24) is 15.5 Å². The van der Waals surface area contributed by atoms with Crippen molar-refractivity contribution in [3.8, 4) is 5.75 Å². The summed E-state index contributed by atoms with van der Waals surface area (Å²) in [4.78, 5) is 48.0. The number of imide groups is 2. The standard InChI is InChI=1S/C18H23N3O5/c1-3-4-16(17(24)20-10-22)21(11-23)18(25)15-7-13(6-5-12(15)2)26-14-8-19-9-14/h5-7,10-11,14,16,19H,3-4,8-9H2,1-2H3,(H,20,22,24). The lowest BCUT2D eigenvalue weighted by Gasteiger charge is -2.28. The normalized spacial score (nSPS) is 14.7. The van der Waals surface area contributed by atoms with Crippen molar-refractivity contribution in [2.75, 3.05) is 13.1 Å². The summed E-state index contributed by atoms with van der Waals surface area (Å²) in [5.74, 6) is -0.761. The predicted molar refractivity (Wildman–Crippen MR) is 93.6 cm³/mol. The number of carbonyl (C=O) groups is 4. The second kappa shape index (κ2) is 9.10. The van der Waals surface area contributed by atoms with E-state index in [4.69, 9.17) is 4.74 Å². The molecule has 0 spiro atoms. The quantitative estimate of drug-likeness (QED) is 0.617. The van der Waals surface area contributed by atoms with Gasteiger partial charge in [-0.3, -0.25) is 29.4 Å². The third-order valence-corrected chi connectivity index (χ3v) is 4.24. The summed E-state index contributed by atoms with van der Waals surface area (Å²) in [5, 5.41) is 5.11. The van der Waals surface area contributed by atoms with E-state index < -0.39 is 17.9 Å². The van der Waals surface area contributed by atoms with Crippen molar-refractivity contribution < 1.29 is 23.9 Å². The number of aryl methyl sites for hydroxylation is 1. The number of nitrogens with one attached hydrogen (secondary N) is 2. The first-order valence-electron chi connectivity index (χ1n) is 8.51. The van der Waals surface area contributed by atoms with Gasteiger partial charge in [0.2, 0.25) is 18.7 Å². The fraction of sp³-hybridized carbons (Fsp3) is 0.444. The van der Waals surface area contributed by atoms with E-state index in [9.17, 15) is 19.2 Å². The largest absolute Gasteiger partial charge is 0.488 e. The Kier molecular flexibility index (Phi) is 6.85. The van der Waals surface area contributed by atoms with Gasteiger partial charge in [0.1, 0.15) is 17.9 Å². The molecular formula is C18H23N3O5.